The number of aromatic nitrogens is 1. The van der Waals surface area contributed by atoms with Gasteiger partial charge in [0, 0.05) is 19.3 Å². The monoisotopic (exact) mass is 325 g/mol. The van der Waals surface area contributed by atoms with Crippen molar-refractivity contribution >= 4 is 43.0 Å². The fourth-order valence-electron chi connectivity index (χ4n) is 2.51. The number of nitrogen functional groups attached to an aromatic ring is 1. The van der Waals surface area contributed by atoms with E-state index in [1.54, 1.807) is 19.3 Å². The zero-order valence-electron chi connectivity index (χ0n) is 11.4. The summed E-state index contributed by atoms with van der Waals surface area (Å²) in [5, 5.41) is 0. The molecule has 8 heteroatoms. The Morgan fingerprint density at radius 1 is 1.52 bits per heavy atom. The highest BCUT2D eigenvalue weighted by Gasteiger charge is 2.34. The van der Waals surface area contributed by atoms with Crippen LogP contribution in [0.4, 0.5) is 5.69 Å². The van der Waals surface area contributed by atoms with E-state index in [4.69, 9.17) is 5.73 Å². The molecular formula is C13H15N3O3S2. The smallest absolute Gasteiger partial charge is 0.266 e. The lowest BCUT2D eigenvalue weighted by Gasteiger charge is -2.22. The van der Waals surface area contributed by atoms with Crippen molar-refractivity contribution in [3.8, 4) is 0 Å². The third-order valence-corrected chi connectivity index (χ3v) is 6.65. The van der Waals surface area contributed by atoms with Crippen LogP contribution in [0.25, 0.3) is 10.2 Å². The van der Waals surface area contributed by atoms with E-state index in [-0.39, 0.29) is 23.5 Å². The Morgan fingerprint density at radius 2 is 2.29 bits per heavy atom. The molecule has 112 valence electrons. The van der Waals surface area contributed by atoms with E-state index < -0.39 is 9.84 Å². The summed E-state index contributed by atoms with van der Waals surface area (Å²) in [6, 6.07) is 3.38. The Kier molecular flexibility index (Phi) is 3.37. The molecule has 1 amide bonds. The Bertz CT molecular complexity index is 813. The molecule has 0 saturated carbocycles. The van der Waals surface area contributed by atoms with Crippen molar-refractivity contribution in [3.63, 3.8) is 0 Å². The molecule has 1 aliphatic rings. The van der Waals surface area contributed by atoms with E-state index >= 15 is 0 Å². The molecule has 1 aliphatic heterocycles. The lowest BCUT2D eigenvalue weighted by Crippen LogP contribution is -2.37. The summed E-state index contributed by atoms with van der Waals surface area (Å²) in [5.74, 6) is -0.0746. The number of pyridine rings is 1. The van der Waals surface area contributed by atoms with Gasteiger partial charge in [0.05, 0.1) is 21.9 Å². The number of sulfone groups is 1. The van der Waals surface area contributed by atoms with Crippen molar-refractivity contribution in [2.75, 3.05) is 24.3 Å². The highest BCUT2D eigenvalue weighted by molar-refractivity contribution is 7.91. The minimum absolute atomic E-state index is 0.0261. The predicted octanol–water partition coefficient (Wildman–Crippen LogP) is 1.14. The molecule has 2 N–H and O–H groups in total. The third-order valence-electron chi connectivity index (χ3n) is 3.75. The van der Waals surface area contributed by atoms with Crippen molar-refractivity contribution in [3.05, 3.63) is 23.2 Å². The number of hydrogen-bond acceptors (Lipinski definition) is 6. The first-order valence-electron chi connectivity index (χ1n) is 6.49. The van der Waals surface area contributed by atoms with Crippen LogP contribution in [0.2, 0.25) is 0 Å². The summed E-state index contributed by atoms with van der Waals surface area (Å²) in [7, 11) is -1.39. The molecule has 1 atom stereocenters. The summed E-state index contributed by atoms with van der Waals surface area (Å²) in [5.41, 5.74) is 7.00. The second-order valence-corrected chi connectivity index (χ2v) is 8.45. The number of fused-ring (bicyclic) bond motifs is 1. The standard InChI is InChI=1S/C13H15N3O3S2/c1-16(8-4-6-21(18,19)7-8)13(17)12-10(14)11-9(20-12)3-2-5-15-11/h2-3,5,8H,4,6-7,14H2,1H3. The van der Waals surface area contributed by atoms with Crippen LogP contribution in [0.5, 0.6) is 0 Å². The zero-order chi connectivity index (χ0) is 15.2. The van der Waals surface area contributed by atoms with Crippen molar-refractivity contribution in [2.24, 2.45) is 0 Å². The van der Waals surface area contributed by atoms with Gasteiger partial charge in [-0.25, -0.2) is 8.42 Å². The average molecular weight is 325 g/mol. The number of carbonyl (C=O) groups excluding carboxylic acids is 1. The number of hydrogen-bond donors (Lipinski definition) is 1. The molecule has 3 rings (SSSR count). The van der Waals surface area contributed by atoms with Crippen molar-refractivity contribution < 1.29 is 13.2 Å². The first-order chi connectivity index (χ1) is 9.89. The lowest BCUT2D eigenvalue weighted by molar-refractivity contribution is 0.0753. The summed E-state index contributed by atoms with van der Waals surface area (Å²) in [6.07, 6.45) is 2.11. The van der Waals surface area contributed by atoms with Gasteiger partial charge in [0.25, 0.3) is 5.91 Å². The first-order valence-corrected chi connectivity index (χ1v) is 9.13. The van der Waals surface area contributed by atoms with Gasteiger partial charge in [-0.05, 0) is 18.6 Å². The number of rotatable bonds is 2. The van der Waals surface area contributed by atoms with E-state index in [1.165, 1.54) is 16.2 Å². The fraction of sp³-hybridized carbons (Fsp3) is 0.385. The number of nitrogens with two attached hydrogens (primary N) is 1. The molecule has 0 aromatic carbocycles. The Balaban J connectivity index is 1.92. The van der Waals surface area contributed by atoms with Gasteiger partial charge >= 0.3 is 0 Å². The first kappa shape index (κ1) is 14.3. The molecule has 6 nitrogen and oxygen atoms in total. The van der Waals surface area contributed by atoms with E-state index in [2.05, 4.69) is 4.98 Å². The van der Waals surface area contributed by atoms with Gasteiger partial charge in [0.2, 0.25) is 0 Å². The van der Waals surface area contributed by atoms with Gasteiger partial charge in [-0.1, -0.05) is 0 Å². The Hall–Kier alpha value is -1.67. The molecule has 0 aliphatic carbocycles. The number of amides is 1. The largest absolute Gasteiger partial charge is 0.396 e. The van der Waals surface area contributed by atoms with Crippen LogP contribution in [-0.4, -0.2) is 48.8 Å². The quantitative estimate of drug-likeness (QED) is 0.893. The minimum Gasteiger partial charge on any atom is -0.396 e. The van der Waals surface area contributed by atoms with Crippen molar-refractivity contribution in [2.45, 2.75) is 12.5 Å². The summed E-state index contributed by atoms with van der Waals surface area (Å²) in [4.78, 5) is 18.7. The maximum absolute atomic E-state index is 12.6. The van der Waals surface area contributed by atoms with Gasteiger partial charge in [-0.3, -0.25) is 9.78 Å². The highest BCUT2D eigenvalue weighted by atomic mass is 32.2. The van der Waals surface area contributed by atoms with Crippen LogP contribution < -0.4 is 5.73 Å². The maximum Gasteiger partial charge on any atom is 0.266 e. The van der Waals surface area contributed by atoms with Crippen LogP contribution in [0.15, 0.2) is 18.3 Å². The molecule has 1 saturated heterocycles. The van der Waals surface area contributed by atoms with Crippen LogP contribution in [0.3, 0.4) is 0 Å². The van der Waals surface area contributed by atoms with E-state index in [9.17, 15) is 13.2 Å². The lowest BCUT2D eigenvalue weighted by atomic mass is 10.2. The maximum atomic E-state index is 12.6. The van der Waals surface area contributed by atoms with Crippen LogP contribution >= 0.6 is 11.3 Å². The zero-order valence-corrected chi connectivity index (χ0v) is 13.1. The number of carbonyl (C=O) groups is 1. The number of nitrogens with zero attached hydrogens (tertiary/aromatic N) is 2. The van der Waals surface area contributed by atoms with Gasteiger partial charge in [-0.15, -0.1) is 11.3 Å². The predicted molar refractivity (Wildman–Crippen MR) is 83.2 cm³/mol. The molecule has 1 fully saturated rings. The topological polar surface area (TPSA) is 93.4 Å². The molecule has 1 unspecified atom stereocenters. The molecule has 21 heavy (non-hydrogen) atoms. The normalized spacial score (nSPS) is 20.7. The highest BCUT2D eigenvalue weighted by Crippen LogP contribution is 2.33. The molecule has 0 spiro atoms. The SMILES string of the molecule is CN(C(=O)c1sc2cccnc2c1N)C1CCS(=O)(=O)C1. The number of anilines is 1. The van der Waals surface area contributed by atoms with Gasteiger partial charge < -0.3 is 10.6 Å². The van der Waals surface area contributed by atoms with E-state index in [0.29, 0.717) is 22.5 Å². The van der Waals surface area contributed by atoms with E-state index in [0.717, 1.165) is 4.70 Å². The van der Waals surface area contributed by atoms with Gasteiger partial charge in [0.1, 0.15) is 10.4 Å². The summed E-state index contributed by atoms with van der Waals surface area (Å²) in [6.45, 7) is 0. The molecule has 0 bridgehead atoms. The molecule has 2 aromatic rings. The number of thiophene rings is 1. The third kappa shape index (κ3) is 2.49. The van der Waals surface area contributed by atoms with Crippen molar-refractivity contribution in [1.29, 1.82) is 0 Å². The van der Waals surface area contributed by atoms with Gasteiger partial charge in [-0.2, -0.15) is 0 Å². The van der Waals surface area contributed by atoms with Crippen LogP contribution in [-0.2, 0) is 9.84 Å². The van der Waals surface area contributed by atoms with Crippen LogP contribution in [0, 0.1) is 0 Å². The Morgan fingerprint density at radius 3 is 2.90 bits per heavy atom. The average Bonchev–Trinajstić information content (AvgIpc) is 2.98. The molecule has 0 radical (unpaired) electrons. The minimum atomic E-state index is -3.03. The second-order valence-electron chi connectivity index (χ2n) is 5.17. The second kappa shape index (κ2) is 4.96. The summed E-state index contributed by atoms with van der Waals surface area (Å²) < 4.78 is 23.9. The fourth-order valence-corrected chi connectivity index (χ4v) is 5.35. The molecule has 3 heterocycles. The van der Waals surface area contributed by atoms with Crippen molar-refractivity contribution in [1.82, 2.24) is 9.88 Å². The van der Waals surface area contributed by atoms with E-state index in [1.807, 2.05) is 6.07 Å². The molecular weight excluding hydrogens is 310 g/mol. The molecule has 2 aromatic heterocycles. The Labute approximate surface area is 126 Å². The van der Waals surface area contributed by atoms with Gasteiger partial charge in [0.15, 0.2) is 9.84 Å². The summed E-state index contributed by atoms with van der Waals surface area (Å²) >= 11 is 1.29. The van der Waals surface area contributed by atoms with Crippen LogP contribution in [0.1, 0.15) is 16.1 Å².